The van der Waals surface area contributed by atoms with Crippen LogP contribution in [0.25, 0.3) is 0 Å². The molecule has 1 aliphatic heterocycles. The van der Waals surface area contributed by atoms with E-state index in [2.05, 4.69) is 29.4 Å². The fourth-order valence-corrected chi connectivity index (χ4v) is 4.22. The molecule has 0 aliphatic carbocycles. The van der Waals surface area contributed by atoms with E-state index >= 15 is 0 Å². The maximum atomic E-state index is 13.2. The molecule has 3 rings (SSSR count). The first-order chi connectivity index (χ1) is 15.2. The predicted molar refractivity (Wildman–Crippen MR) is 116 cm³/mol. The van der Waals surface area contributed by atoms with Gasteiger partial charge >= 0.3 is 6.18 Å². The average Bonchev–Trinajstić information content (AvgIpc) is 3.26. The molecule has 7 nitrogen and oxygen atoms in total. The zero-order valence-electron chi connectivity index (χ0n) is 18.0. The third-order valence-corrected chi connectivity index (χ3v) is 6.14. The molecule has 1 fully saturated rings. The van der Waals surface area contributed by atoms with Crippen LogP contribution >= 0.6 is 11.3 Å². The van der Waals surface area contributed by atoms with Gasteiger partial charge in [0.1, 0.15) is 0 Å². The van der Waals surface area contributed by atoms with Crippen molar-refractivity contribution in [3.8, 4) is 0 Å². The second-order valence-corrected chi connectivity index (χ2v) is 8.96. The number of rotatable bonds is 7. The predicted octanol–water partition coefficient (Wildman–Crippen LogP) is 3.69. The summed E-state index contributed by atoms with van der Waals surface area (Å²) >= 11 is 1.16. The minimum atomic E-state index is -4.59. The van der Waals surface area contributed by atoms with Gasteiger partial charge in [0.2, 0.25) is 10.1 Å². The molecule has 1 aromatic carbocycles. The number of carbonyl (C=O) groups is 2. The molecule has 11 heteroatoms. The Morgan fingerprint density at radius 2 is 1.81 bits per heavy atom. The number of piperazine rings is 1. The molecule has 0 bridgehead atoms. The Bertz CT molecular complexity index is 940. The highest BCUT2D eigenvalue weighted by Gasteiger charge is 2.36. The lowest BCUT2D eigenvalue weighted by Gasteiger charge is -2.34. The number of alkyl halides is 3. The average molecular weight is 470 g/mol. The highest BCUT2D eigenvalue weighted by atomic mass is 32.1. The zero-order valence-corrected chi connectivity index (χ0v) is 18.8. The van der Waals surface area contributed by atoms with Crippen LogP contribution in [0.3, 0.4) is 0 Å². The highest BCUT2D eigenvalue weighted by Crippen LogP contribution is 2.32. The molecular formula is C21H26F3N5O2S. The number of hydrogen-bond donors (Lipinski definition) is 1. The fraction of sp³-hybridized carbons (Fsp3) is 0.524. The SMILES string of the molecule is CC(C)CCCNC(=O)c1nnc(N2CCN(C(=O)c3ccccc3C(F)(F)F)CC2)s1. The lowest BCUT2D eigenvalue weighted by molar-refractivity contribution is -0.138. The number of nitrogens with one attached hydrogen (secondary N) is 1. The van der Waals surface area contributed by atoms with Crippen molar-refractivity contribution in [2.75, 3.05) is 37.6 Å². The maximum Gasteiger partial charge on any atom is 0.417 e. The topological polar surface area (TPSA) is 78.4 Å². The number of benzene rings is 1. The number of anilines is 1. The van der Waals surface area contributed by atoms with Gasteiger partial charge in [0, 0.05) is 32.7 Å². The van der Waals surface area contributed by atoms with E-state index in [1.807, 2.05) is 4.90 Å². The molecule has 0 radical (unpaired) electrons. The van der Waals surface area contributed by atoms with Crippen LogP contribution in [0.2, 0.25) is 0 Å². The van der Waals surface area contributed by atoms with E-state index < -0.39 is 17.6 Å². The van der Waals surface area contributed by atoms with Crippen LogP contribution < -0.4 is 10.2 Å². The standard InChI is InChI=1S/C21H26F3N5O2S/c1-14(2)6-5-9-25-17(30)18-26-27-20(32-18)29-12-10-28(11-13-29)19(31)15-7-3-4-8-16(15)21(22,23)24/h3-4,7-8,14H,5-6,9-13H2,1-2H3,(H,25,30). The molecule has 1 aromatic heterocycles. The van der Waals surface area contributed by atoms with Crippen LogP contribution in [-0.4, -0.2) is 59.6 Å². The van der Waals surface area contributed by atoms with Gasteiger partial charge in [0.25, 0.3) is 11.8 Å². The van der Waals surface area contributed by atoms with Gasteiger partial charge in [-0.1, -0.05) is 37.3 Å². The molecule has 2 heterocycles. The number of carbonyl (C=O) groups excluding carboxylic acids is 2. The van der Waals surface area contributed by atoms with Gasteiger partial charge in [-0.3, -0.25) is 9.59 Å². The number of amides is 2. The highest BCUT2D eigenvalue weighted by molar-refractivity contribution is 7.17. The minimum Gasteiger partial charge on any atom is -0.350 e. The summed E-state index contributed by atoms with van der Waals surface area (Å²) in [6.07, 6.45) is -2.67. The van der Waals surface area contributed by atoms with Crippen molar-refractivity contribution >= 4 is 28.3 Å². The lowest BCUT2D eigenvalue weighted by atomic mass is 10.1. The first-order valence-electron chi connectivity index (χ1n) is 10.5. The largest absolute Gasteiger partial charge is 0.417 e. The molecule has 2 aromatic rings. The number of halogens is 3. The minimum absolute atomic E-state index is 0.251. The van der Waals surface area contributed by atoms with Crippen molar-refractivity contribution in [2.45, 2.75) is 32.9 Å². The summed E-state index contributed by atoms with van der Waals surface area (Å²) in [5, 5.41) is 11.7. The summed E-state index contributed by atoms with van der Waals surface area (Å²) in [5.41, 5.74) is -1.28. The van der Waals surface area contributed by atoms with E-state index in [4.69, 9.17) is 0 Å². The van der Waals surface area contributed by atoms with Gasteiger partial charge in [-0.25, -0.2) is 0 Å². The van der Waals surface area contributed by atoms with Crippen LogP contribution in [0.4, 0.5) is 18.3 Å². The van der Waals surface area contributed by atoms with Crippen molar-refractivity contribution in [2.24, 2.45) is 5.92 Å². The third kappa shape index (κ3) is 5.96. The quantitative estimate of drug-likeness (QED) is 0.626. The Morgan fingerprint density at radius 3 is 2.47 bits per heavy atom. The number of aromatic nitrogens is 2. The van der Waals surface area contributed by atoms with Crippen molar-refractivity contribution in [3.05, 3.63) is 40.4 Å². The summed E-state index contributed by atoms with van der Waals surface area (Å²) in [5.74, 6) is -0.334. The van der Waals surface area contributed by atoms with Crippen LogP contribution in [0, 0.1) is 5.92 Å². The summed E-state index contributed by atoms with van der Waals surface area (Å²) in [6.45, 7) is 6.12. The van der Waals surface area contributed by atoms with Crippen molar-refractivity contribution in [1.29, 1.82) is 0 Å². The lowest BCUT2D eigenvalue weighted by Crippen LogP contribution is -2.49. The zero-order chi connectivity index (χ0) is 23.3. The van der Waals surface area contributed by atoms with Crippen LogP contribution in [0.1, 0.15) is 52.4 Å². The Morgan fingerprint density at radius 1 is 1.12 bits per heavy atom. The van der Waals surface area contributed by atoms with Gasteiger partial charge in [-0.15, -0.1) is 10.2 Å². The molecule has 0 spiro atoms. The van der Waals surface area contributed by atoms with Gasteiger partial charge in [-0.05, 0) is 30.9 Å². The van der Waals surface area contributed by atoms with E-state index in [9.17, 15) is 22.8 Å². The summed E-state index contributed by atoms with van der Waals surface area (Å²) < 4.78 is 39.7. The Balaban J connectivity index is 1.56. The van der Waals surface area contributed by atoms with Crippen LogP contribution in [-0.2, 0) is 6.18 Å². The number of nitrogens with zero attached hydrogens (tertiary/aromatic N) is 4. The monoisotopic (exact) mass is 469 g/mol. The molecule has 2 amide bonds. The van der Waals surface area contributed by atoms with Crippen molar-refractivity contribution < 1.29 is 22.8 Å². The summed E-state index contributed by atoms with van der Waals surface area (Å²) in [7, 11) is 0. The van der Waals surface area contributed by atoms with E-state index in [0.29, 0.717) is 30.7 Å². The molecule has 32 heavy (non-hydrogen) atoms. The van der Waals surface area contributed by atoms with E-state index in [1.165, 1.54) is 23.1 Å². The fourth-order valence-electron chi connectivity index (χ4n) is 3.41. The molecule has 0 atom stereocenters. The third-order valence-electron chi connectivity index (χ3n) is 5.15. The van der Waals surface area contributed by atoms with Gasteiger partial charge in [0.05, 0.1) is 11.1 Å². The maximum absolute atomic E-state index is 13.2. The molecule has 174 valence electrons. The van der Waals surface area contributed by atoms with Gasteiger partial charge in [-0.2, -0.15) is 13.2 Å². The summed E-state index contributed by atoms with van der Waals surface area (Å²) in [4.78, 5) is 28.2. The second kappa shape index (κ2) is 10.3. The Kier molecular flexibility index (Phi) is 7.70. The van der Waals surface area contributed by atoms with Crippen molar-refractivity contribution in [1.82, 2.24) is 20.4 Å². The molecule has 1 aliphatic rings. The first-order valence-corrected chi connectivity index (χ1v) is 11.3. The van der Waals surface area contributed by atoms with Gasteiger partial charge in [0.15, 0.2) is 0 Å². The van der Waals surface area contributed by atoms with Crippen LogP contribution in [0.5, 0.6) is 0 Å². The van der Waals surface area contributed by atoms with E-state index in [-0.39, 0.29) is 29.6 Å². The molecule has 1 saturated heterocycles. The molecule has 0 unspecified atom stereocenters. The first kappa shape index (κ1) is 24.0. The summed E-state index contributed by atoms with van der Waals surface area (Å²) in [6, 6.07) is 4.81. The normalized spacial score (nSPS) is 14.7. The van der Waals surface area contributed by atoms with Gasteiger partial charge < -0.3 is 15.1 Å². The molecular weight excluding hydrogens is 443 g/mol. The molecule has 1 N–H and O–H groups in total. The van der Waals surface area contributed by atoms with Crippen LogP contribution in [0.15, 0.2) is 24.3 Å². The van der Waals surface area contributed by atoms with E-state index in [1.54, 1.807) is 0 Å². The number of hydrogen-bond acceptors (Lipinski definition) is 6. The molecule has 0 saturated carbocycles. The second-order valence-electron chi connectivity index (χ2n) is 8.00. The Hall–Kier alpha value is -2.69. The Labute approximate surface area is 188 Å². The van der Waals surface area contributed by atoms with E-state index in [0.717, 1.165) is 30.2 Å². The smallest absolute Gasteiger partial charge is 0.350 e. The van der Waals surface area contributed by atoms with Crippen molar-refractivity contribution in [3.63, 3.8) is 0 Å².